The van der Waals surface area contributed by atoms with Crippen LogP contribution in [0, 0.1) is 5.92 Å². The van der Waals surface area contributed by atoms with Crippen LogP contribution in [-0.2, 0) is 15.6 Å². The molecule has 140 valence electrons. The van der Waals surface area contributed by atoms with E-state index in [0.717, 1.165) is 18.4 Å². The van der Waals surface area contributed by atoms with E-state index in [4.69, 9.17) is 0 Å². The maximum Gasteiger partial charge on any atom is 0.253 e. The summed E-state index contributed by atoms with van der Waals surface area (Å²) in [4.78, 5) is 15.2. The predicted molar refractivity (Wildman–Crippen MR) is 102 cm³/mol. The Labute approximate surface area is 159 Å². The molecule has 2 aromatic carbocycles. The largest absolute Gasteiger partial charge is 0.336 e. The number of fused-ring (bicyclic) bond motifs is 2. The Morgan fingerprint density at radius 1 is 1.04 bits per heavy atom. The lowest BCUT2D eigenvalue weighted by atomic mass is 9.88. The van der Waals surface area contributed by atoms with Gasteiger partial charge in [-0.3, -0.25) is 4.79 Å². The molecule has 2 aromatic rings. The molecule has 5 rings (SSSR count). The lowest BCUT2D eigenvalue weighted by molar-refractivity contribution is 0.0763. The minimum atomic E-state index is -3.51. The molecule has 3 aliphatic rings. The van der Waals surface area contributed by atoms with E-state index in [9.17, 15) is 13.2 Å². The molecule has 0 unspecified atom stereocenters. The zero-order chi connectivity index (χ0) is 18.6. The van der Waals surface area contributed by atoms with Gasteiger partial charge in [-0.1, -0.05) is 36.4 Å². The molecule has 1 amide bonds. The average Bonchev–Trinajstić information content (AvgIpc) is 3.38. The highest BCUT2D eigenvalue weighted by molar-refractivity contribution is 7.89. The van der Waals surface area contributed by atoms with E-state index in [2.05, 4.69) is 0 Å². The second-order valence-electron chi connectivity index (χ2n) is 7.85. The molecule has 1 atom stereocenters. The van der Waals surface area contributed by atoms with Crippen molar-refractivity contribution in [2.75, 3.05) is 19.6 Å². The normalized spacial score (nSPS) is 26.4. The summed E-state index contributed by atoms with van der Waals surface area (Å²) in [5, 5.41) is 0. The van der Waals surface area contributed by atoms with Crippen molar-refractivity contribution in [2.24, 2.45) is 5.92 Å². The van der Waals surface area contributed by atoms with Crippen LogP contribution in [-0.4, -0.2) is 43.2 Å². The lowest BCUT2D eigenvalue weighted by Gasteiger charge is -2.34. The number of carbonyl (C=O) groups excluding carboxylic acids is 1. The highest BCUT2D eigenvalue weighted by atomic mass is 32.2. The van der Waals surface area contributed by atoms with Crippen LogP contribution in [0.4, 0.5) is 0 Å². The summed E-state index contributed by atoms with van der Waals surface area (Å²) in [5.74, 6) is 0.422. The van der Waals surface area contributed by atoms with Gasteiger partial charge in [-0.25, -0.2) is 8.42 Å². The first-order valence-electron chi connectivity index (χ1n) is 9.49. The van der Waals surface area contributed by atoms with Gasteiger partial charge in [0.25, 0.3) is 5.91 Å². The summed E-state index contributed by atoms with van der Waals surface area (Å²) < 4.78 is 28.3. The zero-order valence-corrected chi connectivity index (χ0v) is 15.9. The van der Waals surface area contributed by atoms with Gasteiger partial charge in [-0.2, -0.15) is 4.31 Å². The monoisotopic (exact) mass is 382 g/mol. The molecule has 6 heteroatoms. The van der Waals surface area contributed by atoms with Crippen molar-refractivity contribution in [3.8, 4) is 0 Å². The van der Waals surface area contributed by atoms with Gasteiger partial charge in [0.05, 0.1) is 10.4 Å². The van der Waals surface area contributed by atoms with E-state index in [1.165, 1.54) is 0 Å². The molecule has 1 aliphatic carbocycles. The van der Waals surface area contributed by atoms with E-state index in [1.807, 2.05) is 47.4 Å². The highest BCUT2D eigenvalue weighted by Gasteiger charge is 2.58. The summed E-state index contributed by atoms with van der Waals surface area (Å²) in [5.41, 5.74) is 0.883. The third-order valence-electron chi connectivity index (χ3n) is 6.11. The number of amides is 1. The maximum atomic E-state index is 13.3. The van der Waals surface area contributed by atoms with Crippen molar-refractivity contribution in [2.45, 2.75) is 29.7 Å². The lowest BCUT2D eigenvalue weighted by Crippen LogP contribution is -2.47. The number of benzene rings is 2. The molecule has 1 saturated heterocycles. The Kier molecular flexibility index (Phi) is 3.71. The van der Waals surface area contributed by atoms with Crippen LogP contribution in [0.2, 0.25) is 0 Å². The third-order valence-corrected chi connectivity index (χ3v) is 8.10. The fourth-order valence-corrected chi connectivity index (χ4v) is 6.66. The van der Waals surface area contributed by atoms with E-state index in [0.29, 0.717) is 42.4 Å². The fourth-order valence-electron chi connectivity index (χ4n) is 4.52. The van der Waals surface area contributed by atoms with Crippen molar-refractivity contribution < 1.29 is 13.2 Å². The fraction of sp³-hybridized carbons (Fsp3) is 0.381. The van der Waals surface area contributed by atoms with Gasteiger partial charge in [0.1, 0.15) is 0 Å². The van der Waals surface area contributed by atoms with Crippen molar-refractivity contribution in [1.29, 1.82) is 0 Å². The minimum Gasteiger partial charge on any atom is -0.336 e. The zero-order valence-electron chi connectivity index (χ0n) is 15.0. The SMILES string of the molecule is O=C(c1ccccc1)N1CC[C@@]2(C1)c1ccccc1S(=O)(=O)N2CC1CC1. The molecular weight excluding hydrogens is 360 g/mol. The number of likely N-dealkylation sites (tertiary alicyclic amines) is 1. The molecule has 1 spiro atoms. The van der Waals surface area contributed by atoms with Crippen molar-refractivity contribution in [3.05, 3.63) is 65.7 Å². The van der Waals surface area contributed by atoms with Crippen LogP contribution in [0.15, 0.2) is 59.5 Å². The van der Waals surface area contributed by atoms with Gasteiger partial charge in [0.15, 0.2) is 0 Å². The summed E-state index contributed by atoms with van der Waals surface area (Å²) in [6.45, 7) is 1.55. The number of rotatable bonds is 3. The van der Waals surface area contributed by atoms with E-state index >= 15 is 0 Å². The van der Waals surface area contributed by atoms with Crippen LogP contribution in [0.1, 0.15) is 35.2 Å². The quantitative estimate of drug-likeness (QED) is 0.820. The number of sulfonamides is 1. The number of hydrogen-bond acceptors (Lipinski definition) is 3. The second kappa shape index (κ2) is 5.91. The van der Waals surface area contributed by atoms with Gasteiger partial charge in [-0.05, 0) is 48.9 Å². The summed E-state index contributed by atoms with van der Waals surface area (Å²) in [6, 6.07) is 16.5. The summed E-state index contributed by atoms with van der Waals surface area (Å²) >= 11 is 0. The van der Waals surface area contributed by atoms with Crippen molar-refractivity contribution in [1.82, 2.24) is 9.21 Å². The first kappa shape index (κ1) is 17.0. The second-order valence-corrected chi connectivity index (χ2v) is 9.68. The van der Waals surface area contributed by atoms with Gasteiger partial charge in [0, 0.05) is 25.2 Å². The van der Waals surface area contributed by atoms with Crippen LogP contribution in [0.25, 0.3) is 0 Å². The molecular formula is C21H22N2O3S. The topological polar surface area (TPSA) is 57.7 Å². The third kappa shape index (κ3) is 2.54. The standard InChI is InChI=1S/C21H22N2O3S/c24-20(17-6-2-1-3-7-17)22-13-12-21(15-22)18-8-4-5-9-19(18)27(25,26)23(21)14-16-10-11-16/h1-9,16H,10-15H2/t21-/m1/s1. The maximum absolute atomic E-state index is 13.3. The highest BCUT2D eigenvalue weighted by Crippen LogP contribution is 2.51. The molecule has 0 radical (unpaired) electrons. The van der Waals surface area contributed by atoms with E-state index < -0.39 is 15.6 Å². The Balaban J connectivity index is 1.54. The van der Waals surface area contributed by atoms with Crippen molar-refractivity contribution in [3.63, 3.8) is 0 Å². The summed E-state index contributed by atoms with van der Waals surface area (Å²) in [7, 11) is -3.51. The molecule has 27 heavy (non-hydrogen) atoms. The van der Waals surface area contributed by atoms with Gasteiger partial charge in [-0.15, -0.1) is 0 Å². The van der Waals surface area contributed by atoms with Gasteiger partial charge >= 0.3 is 0 Å². The Hall–Kier alpha value is -2.18. The molecule has 2 heterocycles. The van der Waals surface area contributed by atoms with Crippen molar-refractivity contribution >= 4 is 15.9 Å². The Morgan fingerprint density at radius 2 is 1.74 bits per heavy atom. The first-order chi connectivity index (χ1) is 13.0. The molecule has 0 aromatic heterocycles. The molecule has 5 nitrogen and oxygen atoms in total. The Bertz CT molecular complexity index is 1000. The average molecular weight is 382 g/mol. The van der Waals surface area contributed by atoms with Crippen LogP contribution >= 0.6 is 0 Å². The van der Waals surface area contributed by atoms with Crippen LogP contribution in [0.5, 0.6) is 0 Å². The molecule has 0 bridgehead atoms. The smallest absolute Gasteiger partial charge is 0.253 e. The molecule has 0 N–H and O–H groups in total. The number of carbonyl (C=O) groups is 1. The molecule has 2 fully saturated rings. The predicted octanol–water partition coefficient (Wildman–Crippen LogP) is 2.84. The van der Waals surface area contributed by atoms with E-state index in [-0.39, 0.29) is 5.91 Å². The molecule has 1 saturated carbocycles. The van der Waals surface area contributed by atoms with Gasteiger partial charge < -0.3 is 4.90 Å². The number of hydrogen-bond donors (Lipinski definition) is 0. The van der Waals surface area contributed by atoms with E-state index in [1.54, 1.807) is 16.4 Å². The minimum absolute atomic E-state index is 0.0272. The molecule has 2 aliphatic heterocycles. The Morgan fingerprint density at radius 3 is 2.48 bits per heavy atom. The van der Waals surface area contributed by atoms with Crippen LogP contribution in [0.3, 0.4) is 0 Å². The first-order valence-corrected chi connectivity index (χ1v) is 10.9. The van der Waals surface area contributed by atoms with Gasteiger partial charge in [0.2, 0.25) is 10.0 Å². The van der Waals surface area contributed by atoms with Crippen LogP contribution < -0.4 is 0 Å². The number of nitrogens with zero attached hydrogens (tertiary/aromatic N) is 2. The summed E-state index contributed by atoms with van der Waals surface area (Å²) in [6.07, 6.45) is 2.82.